The number of nitrogens with zero attached hydrogens (tertiary/aromatic N) is 4. The topological polar surface area (TPSA) is 77.2 Å². The number of carbonyl (C=O) groups is 1. The minimum absolute atomic E-state index is 0.0301. The molecule has 1 saturated heterocycles. The molecular weight excluding hydrogens is 308 g/mol. The zero-order chi connectivity index (χ0) is 18.0. The van der Waals surface area contributed by atoms with E-state index in [1.165, 1.54) is 11.6 Å². The molecule has 1 aliphatic heterocycles. The quantitative estimate of drug-likeness (QED) is 0.778. The number of hydrogen-bond donors (Lipinski definition) is 0. The van der Waals surface area contributed by atoms with Crippen LogP contribution in [0.2, 0.25) is 0 Å². The summed E-state index contributed by atoms with van der Waals surface area (Å²) < 4.78 is 2.32. The molecule has 7 nitrogen and oxygen atoms in total. The van der Waals surface area contributed by atoms with Gasteiger partial charge in [-0.15, -0.1) is 0 Å². The number of pyridine rings is 1. The minimum Gasteiger partial charge on any atom is -0.331 e. The van der Waals surface area contributed by atoms with Gasteiger partial charge in [-0.05, 0) is 26.0 Å². The lowest BCUT2D eigenvalue weighted by molar-refractivity contribution is -0.0884. The predicted molar refractivity (Wildman–Crippen MR) is 91.1 cm³/mol. The maximum Gasteiger partial charge on any atom is 0.332 e. The van der Waals surface area contributed by atoms with E-state index in [2.05, 4.69) is 18.8 Å². The molecule has 0 N–H and O–H groups in total. The van der Waals surface area contributed by atoms with Crippen LogP contribution in [0.1, 0.15) is 38.2 Å². The third kappa shape index (κ3) is 1.96. The first-order valence-electron chi connectivity index (χ1n) is 7.88. The van der Waals surface area contributed by atoms with Crippen LogP contribution in [0.3, 0.4) is 0 Å². The maximum absolute atomic E-state index is 12.8. The summed E-state index contributed by atoms with van der Waals surface area (Å²) in [6.07, 6.45) is 0. The fourth-order valence-electron chi connectivity index (χ4n) is 3.10. The van der Waals surface area contributed by atoms with Gasteiger partial charge in [0.15, 0.2) is 0 Å². The molecule has 3 heterocycles. The summed E-state index contributed by atoms with van der Waals surface area (Å²) in [5.41, 5.74) is -0.650. The molecule has 1 aliphatic rings. The van der Waals surface area contributed by atoms with Crippen molar-refractivity contribution in [1.82, 2.24) is 19.0 Å². The van der Waals surface area contributed by atoms with Crippen molar-refractivity contribution < 1.29 is 4.79 Å². The van der Waals surface area contributed by atoms with Gasteiger partial charge in [0.1, 0.15) is 11.3 Å². The molecule has 128 valence electrons. The van der Waals surface area contributed by atoms with Gasteiger partial charge in [0.2, 0.25) is 0 Å². The van der Waals surface area contributed by atoms with Crippen LogP contribution < -0.4 is 11.2 Å². The van der Waals surface area contributed by atoms with Crippen LogP contribution in [0, 0.1) is 5.41 Å². The zero-order valence-corrected chi connectivity index (χ0v) is 14.9. The molecule has 0 radical (unpaired) electrons. The highest BCUT2D eigenvalue weighted by Crippen LogP contribution is 2.46. The van der Waals surface area contributed by atoms with Gasteiger partial charge in [-0.3, -0.25) is 18.7 Å². The molecule has 1 fully saturated rings. The summed E-state index contributed by atoms with van der Waals surface area (Å²) in [5.74, 6) is -0.186. The summed E-state index contributed by atoms with van der Waals surface area (Å²) in [6, 6.07) is 3.12. The molecule has 2 aromatic rings. The summed E-state index contributed by atoms with van der Waals surface area (Å²) in [6.45, 7) is 8.95. The highest BCUT2D eigenvalue weighted by atomic mass is 16.2. The van der Waals surface area contributed by atoms with E-state index < -0.39 is 11.2 Å². The summed E-state index contributed by atoms with van der Waals surface area (Å²) in [7, 11) is 2.97. The number of aryl methyl sites for hydroxylation is 1. The highest BCUT2D eigenvalue weighted by Gasteiger charge is 2.54. The Morgan fingerprint density at radius 1 is 1.08 bits per heavy atom. The number of rotatable bonds is 1. The van der Waals surface area contributed by atoms with Gasteiger partial charge < -0.3 is 4.90 Å². The van der Waals surface area contributed by atoms with Gasteiger partial charge in [-0.2, -0.15) is 0 Å². The van der Waals surface area contributed by atoms with E-state index in [1.807, 2.05) is 13.8 Å². The van der Waals surface area contributed by atoms with Crippen molar-refractivity contribution in [2.45, 2.75) is 33.2 Å². The van der Waals surface area contributed by atoms with E-state index in [0.29, 0.717) is 11.9 Å². The first-order chi connectivity index (χ1) is 11.0. The second-order valence-electron chi connectivity index (χ2n) is 7.61. The Hall–Kier alpha value is -2.44. The third-order valence-corrected chi connectivity index (χ3v) is 5.65. The third-order valence-electron chi connectivity index (χ3n) is 5.65. The Kier molecular flexibility index (Phi) is 3.27. The second-order valence-corrected chi connectivity index (χ2v) is 7.61. The standard InChI is InChI=1S/C17H22N4O3/c1-16(2)9-21(17(16,3)4)14(23)11-8-7-10-12(18-11)19(5)15(24)20(6)13(10)22/h7-8H,9H2,1-6H3. The number of likely N-dealkylation sites (tertiary alicyclic amines) is 1. The molecule has 2 aromatic heterocycles. The van der Waals surface area contributed by atoms with Crippen LogP contribution in [0.15, 0.2) is 21.7 Å². The largest absolute Gasteiger partial charge is 0.332 e. The van der Waals surface area contributed by atoms with Crippen molar-refractivity contribution in [2.75, 3.05) is 6.54 Å². The molecule has 0 atom stereocenters. The van der Waals surface area contributed by atoms with Crippen LogP contribution in [-0.2, 0) is 14.1 Å². The van der Waals surface area contributed by atoms with Crippen molar-refractivity contribution in [1.29, 1.82) is 0 Å². The van der Waals surface area contributed by atoms with Crippen LogP contribution in [-0.4, -0.2) is 37.0 Å². The first-order valence-corrected chi connectivity index (χ1v) is 7.88. The lowest BCUT2D eigenvalue weighted by atomic mass is 9.65. The number of carbonyl (C=O) groups excluding carboxylic acids is 1. The van der Waals surface area contributed by atoms with Crippen molar-refractivity contribution in [3.05, 3.63) is 38.7 Å². The Morgan fingerprint density at radius 3 is 2.25 bits per heavy atom. The lowest BCUT2D eigenvalue weighted by Gasteiger charge is -2.61. The molecule has 3 rings (SSSR count). The summed E-state index contributed by atoms with van der Waals surface area (Å²) >= 11 is 0. The molecule has 7 heteroatoms. The van der Waals surface area contributed by atoms with E-state index in [-0.39, 0.29) is 28.2 Å². The molecule has 0 aliphatic carbocycles. The molecule has 0 aromatic carbocycles. The molecule has 0 unspecified atom stereocenters. The van der Waals surface area contributed by atoms with Crippen molar-refractivity contribution in [2.24, 2.45) is 19.5 Å². The van der Waals surface area contributed by atoms with E-state index in [1.54, 1.807) is 24.1 Å². The average molecular weight is 330 g/mol. The molecule has 0 spiro atoms. The summed E-state index contributed by atoms with van der Waals surface area (Å²) in [5, 5.41) is 0.319. The highest BCUT2D eigenvalue weighted by molar-refractivity contribution is 5.95. The van der Waals surface area contributed by atoms with Gasteiger partial charge in [-0.1, -0.05) is 13.8 Å². The smallest absolute Gasteiger partial charge is 0.331 e. The predicted octanol–water partition coefficient (Wildman–Crippen LogP) is 0.893. The van der Waals surface area contributed by atoms with Crippen molar-refractivity contribution >= 4 is 16.9 Å². The van der Waals surface area contributed by atoms with Gasteiger partial charge in [0.05, 0.1) is 5.39 Å². The molecule has 1 amide bonds. The van der Waals surface area contributed by atoms with E-state index in [0.717, 1.165) is 4.57 Å². The van der Waals surface area contributed by atoms with Gasteiger partial charge >= 0.3 is 5.69 Å². The van der Waals surface area contributed by atoms with E-state index in [4.69, 9.17) is 0 Å². The fourth-order valence-corrected chi connectivity index (χ4v) is 3.10. The minimum atomic E-state index is -0.463. The van der Waals surface area contributed by atoms with Crippen molar-refractivity contribution in [3.8, 4) is 0 Å². The molecular formula is C17H22N4O3. The van der Waals surface area contributed by atoms with Crippen molar-refractivity contribution in [3.63, 3.8) is 0 Å². The Bertz CT molecular complexity index is 982. The molecule has 24 heavy (non-hydrogen) atoms. The number of hydrogen-bond acceptors (Lipinski definition) is 4. The van der Waals surface area contributed by atoms with Gasteiger partial charge in [-0.25, -0.2) is 9.78 Å². The average Bonchev–Trinajstić information content (AvgIpc) is 2.54. The lowest BCUT2D eigenvalue weighted by Crippen LogP contribution is -2.70. The van der Waals surface area contributed by atoms with Crippen LogP contribution in [0.25, 0.3) is 11.0 Å². The fraction of sp³-hybridized carbons (Fsp3) is 0.529. The summed E-state index contributed by atoms with van der Waals surface area (Å²) in [4.78, 5) is 43.2. The van der Waals surface area contributed by atoms with Gasteiger partial charge in [0.25, 0.3) is 11.5 Å². The maximum atomic E-state index is 12.8. The second kappa shape index (κ2) is 4.78. The normalized spacial score (nSPS) is 18.5. The number of fused-ring (bicyclic) bond motifs is 1. The number of aromatic nitrogens is 3. The Balaban J connectivity index is 2.12. The van der Waals surface area contributed by atoms with Crippen LogP contribution in [0.4, 0.5) is 0 Å². The molecule has 0 saturated carbocycles. The molecule has 0 bridgehead atoms. The zero-order valence-electron chi connectivity index (χ0n) is 14.9. The van der Waals surface area contributed by atoms with E-state index >= 15 is 0 Å². The Morgan fingerprint density at radius 2 is 1.71 bits per heavy atom. The van der Waals surface area contributed by atoms with Gasteiger partial charge in [0, 0.05) is 31.6 Å². The first kappa shape index (κ1) is 16.4. The van der Waals surface area contributed by atoms with E-state index in [9.17, 15) is 14.4 Å². The van der Waals surface area contributed by atoms with Crippen LogP contribution >= 0.6 is 0 Å². The number of amides is 1. The monoisotopic (exact) mass is 330 g/mol. The van der Waals surface area contributed by atoms with Crippen LogP contribution in [0.5, 0.6) is 0 Å². The Labute approximate surface area is 139 Å². The SMILES string of the molecule is Cn1c(=O)c2ccc(C(=O)N3CC(C)(C)C3(C)C)nc2n(C)c1=O.